The molecule has 0 N–H and O–H groups in total. The maximum atomic E-state index is 9.69. The zero-order chi connectivity index (χ0) is 19.6. The van der Waals surface area contributed by atoms with E-state index >= 15 is 0 Å². The first kappa shape index (κ1) is 35.8. The molecule has 5 nitrogen and oxygen atoms in total. The Labute approximate surface area is 170 Å². The number of carboxylic acid groups (broad SMARTS) is 1. The van der Waals surface area contributed by atoms with Gasteiger partial charge in [0.2, 0.25) is 0 Å². The largest absolute Gasteiger partial charge is 4.00 e. The molecule has 0 unspecified atom stereocenters. The summed E-state index contributed by atoms with van der Waals surface area (Å²) in [6.45, 7) is 11.1. The molecule has 6 heteroatoms. The van der Waals surface area contributed by atoms with E-state index in [1.54, 1.807) is 0 Å². The van der Waals surface area contributed by atoms with Crippen LogP contribution >= 0.6 is 0 Å². The minimum absolute atomic E-state index is 0. The summed E-state index contributed by atoms with van der Waals surface area (Å²) in [5.74, 6) is -1.19. The zero-order valence-corrected chi connectivity index (χ0v) is 18.3. The SMILES string of the molecule is C=C(C)C(=O)[O-].CCCCC[O-].CCCCC[O-].CCCCC[O-].[Ti+4]. The van der Waals surface area contributed by atoms with E-state index in [1.165, 1.54) is 6.92 Å². The van der Waals surface area contributed by atoms with Crippen LogP contribution in [-0.2, 0) is 26.5 Å². The van der Waals surface area contributed by atoms with Crippen molar-refractivity contribution in [3.8, 4) is 0 Å². The molecule has 0 saturated heterocycles. The van der Waals surface area contributed by atoms with Crippen LogP contribution in [-0.4, -0.2) is 25.8 Å². The van der Waals surface area contributed by atoms with Crippen LogP contribution in [0.3, 0.4) is 0 Å². The van der Waals surface area contributed by atoms with Gasteiger partial charge in [-0.05, 0) is 12.5 Å². The molecule has 0 atom stereocenters. The van der Waals surface area contributed by atoms with E-state index in [2.05, 4.69) is 27.4 Å². The number of rotatable bonds is 10. The van der Waals surface area contributed by atoms with Crippen molar-refractivity contribution < 1.29 is 46.9 Å². The Kier molecular flexibility index (Phi) is 56.0. The summed E-state index contributed by atoms with van der Waals surface area (Å²) in [6, 6.07) is 0. The number of carboxylic acids is 1. The smallest absolute Gasteiger partial charge is 0.854 e. The van der Waals surface area contributed by atoms with Crippen molar-refractivity contribution in [2.75, 3.05) is 19.8 Å². The minimum Gasteiger partial charge on any atom is -0.854 e. The normalized spacial score (nSPS) is 8.28. The Morgan fingerprint density at radius 3 is 0.960 bits per heavy atom. The van der Waals surface area contributed by atoms with Crippen molar-refractivity contribution in [2.24, 2.45) is 0 Å². The molecule has 0 radical (unpaired) electrons. The molecule has 0 rings (SSSR count). The molecule has 0 aromatic heterocycles. The van der Waals surface area contributed by atoms with E-state index in [9.17, 15) is 25.2 Å². The van der Waals surface area contributed by atoms with E-state index in [-0.39, 0.29) is 47.1 Å². The molecule has 25 heavy (non-hydrogen) atoms. The Bertz CT molecular complexity index is 193. The van der Waals surface area contributed by atoms with E-state index in [0.29, 0.717) is 0 Å². The molecule has 0 heterocycles. The first-order valence-corrected chi connectivity index (χ1v) is 9.00. The quantitative estimate of drug-likeness (QED) is 0.311. The van der Waals surface area contributed by atoms with Gasteiger partial charge in [0.05, 0.1) is 5.97 Å². The monoisotopic (exact) mass is 394 g/mol. The van der Waals surface area contributed by atoms with E-state index in [0.717, 1.165) is 57.8 Å². The fourth-order valence-electron chi connectivity index (χ4n) is 1.06. The molecular weight excluding hydrogens is 356 g/mol. The molecule has 0 amide bonds. The van der Waals surface area contributed by atoms with Gasteiger partial charge < -0.3 is 25.2 Å². The van der Waals surface area contributed by atoms with Gasteiger partial charge in [-0.2, -0.15) is 0 Å². The third-order valence-corrected chi connectivity index (χ3v) is 2.59. The van der Waals surface area contributed by atoms with Gasteiger partial charge >= 0.3 is 21.7 Å². The van der Waals surface area contributed by atoms with Gasteiger partial charge in [-0.15, -0.1) is 19.8 Å². The Hall–Kier alpha value is -0.196. The first-order chi connectivity index (χ1) is 11.4. The van der Waals surface area contributed by atoms with Crippen molar-refractivity contribution in [1.82, 2.24) is 0 Å². The predicted molar refractivity (Wildman–Crippen MR) is 93.0 cm³/mol. The second-order valence-corrected chi connectivity index (χ2v) is 5.30. The van der Waals surface area contributed by atoms with Gasteiger partial charge in [0.25, 0.3) is 0 Å². The Morgan fingerprint density at radius 1 is 0.720 bits per heavy atom. The number of unbranched alkanes of at least 4 members (excludes halogenated alkanes) is 6. The van der Waals surface area contributed by atoms with Crippen molar-refractivity contribution in [2.45, 2.75) is 85.5 Å². The maximum absolute atomic E-state index is 9.69. The Morgan fingerprint density at radius 2 is 0.920 bits per heavy atom. The van der Waals surface area contributed by atoms with Crippen LogP contribution in [0.1, 0.15) is 85.5 Å². The standard InChI is InChI=1S/3C5H11O.C4H6O2.Ti/c3*1-2-3-4-5-6;1-3(2)4(5)6;/h3*2-5H2,1H3;1H2,2H3,(H,5,6);/q3*-1;;+4/p-1. The van der Waals surface area contributed by atoms with Gasteiger partial charge in [-0.1, -0.05) is 85.1 Å². The van der Waals surface area contributed by atoms with Gasteiger partial charge in [0, 0.05) is 0 Å². The maximum Gasteiger partial charge on any atom is 4.00 e. The number of carbonyl (C=O) groups excluding carboxylic acids is 1. The summed E-state index contributed by atoms with van der Waals surface area (Å²) in [4.78, 5) is 9.49. The molecular formula is C19H38O5Ti. The molecule has 0 bridgehead atoms. The average molecular weight is 394 g/mol. The summed E-state index contributed by atoms with van der Waals surface area (Å²) in [5.41, 5.74) is 0.0648. The molecule has 0 aliphatic carbocycles. The summed E-state index contributed by atoms with van der Waals surface area (Å²) in [5, 5.41) is 38.6. The van der Waals surface area contributed by atoms with Crippen LogP contribution < -0.4 is 20.4 Å². The first-order valence-electron chi connectivity index (χ1n) is 9.00. The van der Waals surface area contributed by atoms with Crippen molar-refractivity contribution in [3.05, 3.63) is 12.2 Å². The third-order valence-electron chi connectivity index (χ3n) is 2.59. The van der Waals surface area contributed by atoms with Crippen molar-refractivity contribution in [3.63, 3.8) is 0 Å². The number of carbonyl (C=O) groups is 1. The van der Waals surface area contributed by atoms with E-state index in [1.807, 2.05) is 0 Å². The van der Waals surface area contributed by atoms with Gasteiger partial charge in [0.15, 0.2) is 0 Å². The summed E-state index contributed by atoms with van der Waals surface area (Å²) < 4.78 is 0. The molecule has 0 aliphatic heterocycles. The number of hydrogen-bond donors (Lipinski definition) is 0. The van der Waals surface area contributed by atoms with Gasteiger partial charge in [-0.3, -0.25) is 0 Å². The summed E-state index contributed by atoms with van der Waals surface area (Å²) in [6.07, 6.45) is 9.34. The van der Waals surface area contributed by atoms with E-state index < -0.39 is 5.97 Å². The molecule has 0 saturated carbocycles. The Balaban J connectivity index is -0.0000000702. The van der Waals surface area contributed by atoms with Crippen LogP contribution in [0, 0.1) is 0 Å². The molecule has 0 aromatic carbocycles. The second-order valence-electron chi connectivity index (χ2n) is 5.30. The fraction of sp³-hybridized carbons (Fsp3) is 0.842. The van der Waals surface area contributed by atoms with E-state index in [4.69, 9.17) is 0 Å². The topological polar surface area (TPSA) is 109 Å². The van der Waals surface area contributed by atoms with Crippen LogP contribution in [0.25, 0.3) is 0 Å². The fourth-order valence-corrected chi connectivity index (χ4v) is 1.06. The van der Waals surface area contributed by atoms with Gasteiger partial charge in [-0.25, -0.2) is 0 Å². The zero-order valence-electron chi connectivity index (χ0n) is 16.7. The molecule has 0 aliphatic rings. The third kappa shape index (κ3) is 69.0. The van der Waals surface area contributed by atoms with Crippen LogP contribution in [0.15, 0.2) is 12.2 Å². The number of aliphatic carboxylic acids is 1. The second kappa shape index (κ2) is 39.1. The van der Waals surface area contributed by atoms with Gasteiger partial charge in [0.1, 0.15) is 0 Å². The van der Waals surface area contributed by atoms with Crippen LogP contribution in [0.4, 0.5) is 0 Å². The van der Waals surface area contributed by atoms with Crippen molar-refractivity contribution in [1.29, 1.82) is 0 Å². The molecule has 0 spiro atoms. The molecule has 148 valence electrons. The molecule has 0 fully saturated rings. The van der Waals surface area contributed by atoms with Crippen LogP contribution in [0.5, 0.6) is 0 Å². The minimum atomic E-state index is -1.19. The van der Waals surface area contributed by atoms with Crippen molar-refractivity contribution >= 4 is 5.97 Å². The average Bonchev–Trinajstić information content (AvgIpc) is 2.57. The summed E-state index contributed by atoms with van der Waals surface area (Å²) in [7, 11) is 0. The number of hydrogen-bond acceptors (Lipinski definition) is 5. The predicted octanol–water partition coefficient (Wildman–Crippen LogP) is 0.921. The van der Waals surface area contributed by atoms with Crippen LogP contribution in [0.2, 0.25) is 0 Å². The molecule has 0 aromatic rings. The summed E-state index contributed by atoms with van der Waals surface area (Å²) >= 11 is 0.